The van der Waals surface area contributed by atoms with Gasteiger partial charge in [0.05, 0.1) is 24.8 Å². The largest absolute Gasteiger partial charge is 0.495 e. The van der Waals surface area contributed by atoms with E-state index in [-0.39, 0.29) is 11.7 Å². The summed E-state index contributed by atoms with van der Waals surface area (Å²) >= 11 is 0. The third kappa shape index (κ3) is 4.31. The van der Waals surface area contributed by atoms with Crippen molar-refractivity contribution in [3.05, 3.63) is 89.3 Å². The second-order valence-corrected chi connectivity index (χ2v) is 8.64. The molecule has 0 aliphatic carbocycles. The normalized spacial score (nSPS) is 17.9. The monoisotopic (exact) mass is 443 g/mol. The van der Waals surface area contributed by atoms with E-state index in [1.807, 2.05) is 64.9 Å². The smallest absolute Gasteiger partial charge is 0.174 e. The molecular weight excluding hydrogens is 417 g/mol. The highest BCUT2D eigenvalue weighted by atomic mass is 19.1. The average molecular weight is 444 g/mol. The van der Waals surface area contributed by atoms with Crippen LogP contribution in [0.4, 0.5) is 4.39 Å². The molecule has 0 fully saturated rings. The van der Waals surface area contributed by atoms with Crippen LogP contribution in [0, 0.1) is 18.7 Å². The van der Waals surface area contributed by atoms with Gasteiger partial charge in [-0.2, -0.15) is 5.10 Å². The molecule has 0 N–H and O–H groups in total. The Hall–Kier alpha value is -3.74. The van der Waals surface area contributed by atoms with Crippen molar-refractivity contribution in [1.82, 2.24) is 24.3 Å². The first-order valence-electron chi connectivity index (χ1n) is 11.1. The lowest BCUT2D eigenvalue weighted by molar-refractivity contribution is 0.342. The first-order chi connectivity index (χ1) is 16.0. The maximum Gasteiger partial charge on any atom is 0.174 e. The molecule has 2 unspecified atom stereocenters. The maximum atomic E-state index is 13.4. The average Bonchev–Trinajstić information content (AvgIpc) is 3.43. The highest BCUT2D eigenvalue weighted by molar-refractivity contribution is 5.69. The predicted molar refractivity (Wildman–Crippen MR) is 126 cm³/mol. The molecule has 1 aliphatic rings. The van der Waals surface area contributed by atoms with Gasteiger partial charge in [-0.1, -0.05) is 31.2 Å². The van der Waals surface area contributed by atoms with E-state index in [1.165, 1.54) is 12.1 Å². The van der Waals surface area contributed by atoms with Gasteiger partial charge in [-0.15, -0.1) is 0 Å². The van der Waals surface area contributed by atoms with Crippen molar-refractivity contribution >= 4 is 12.2 Å². The Labute approximate surface area is 192 Å². The topological polar surface area (TPSA) is 57.8 Å². The van der Waals surface area contributed by atoms with Gasteiger partial charge in [0.15, 0.2) is 5.82 Å². The van der Waals surface area contributed by atoms with Crippen LogP contribution in [0.15, 0.2) is 55.0 Å². The zero-order chi connectivity index (χ0) is 22.9. The Bertz CT molecular complexity index is 1300. The second-order valence-electron chi connectivity index (χ2n) is 8.64. The van der Waals surface area contributed by atoms with Crippen molar-refractivity contribution in [2.24, 2.45) is 5.92 Å². The van der Waals surface area contributed by atoms with Crippen LogP contribution in [0.25, 0.3) is 17.8 Å². The molecular formula is C26H26FN5O. The van der Waals surface area contributed by atoms with Gasteiger partial charge in [0, 0.05) is 18.7 Å². The van der Waals surface area contributed by atoms with Crippen LogP contribution in [-0.2, 0) is 6.54 Å². The summed E-state index contributed by atoms with van der Waals surface area (Å²) in [6.45, 7) is 5.01. The highest BCUT2D eigenvalue weighted by Crippen LogP contribution is 2.35. The third-order valence-electron chi connectivity index (χ3n) is 6.04. The van der Waals surface area contributed by atoms with E-state index in [9.17, 15) is 4.39 Å². The summed E-state index contributed by atoms with van der Waals surface area (Å²) in [7, 11) is 1.66. The molecule has 33 heavy (non-hydrogen) atoms. The minimum atomic E-state index is -0.225. The van der Waals surface area contributed by atoms with Gasteiger partial charge in [-0.25, -0.2) is 19.0 Å². The van der Waals surface area contributed by atoms with Gasteiger partial charge >= 0.3 is 0 Å². The fraction of sp³-hybridized carbons (Fsp3) is 0.269. The molecule has 0 spiro atoms. The van der Waals surface area contributed by atoms with E-state index in [1.54, 1.807) is 13.4 Å². The lowest BCUT2D eigenvalue weighted by atomic mass is 9.86. The molecule has 2 aromatic carbocycles. The number of benzene rings is 2. The first kappa shape index (κ1) is 21.1. The summed E-state index contributed by atoms with van der Waals surface area (Å²) < 4.78 is 23.0. The summed E-state index contributed by atoms with van der Waals surface area (Å²) in [5.41, 5.74) is 3.94. The SMILES string of the molecule is COc1cc(C=Cc2nc3n(n2)CC(C)CC3c2ccc(F)cc2)ccc1-n1cnc(C)c1. The van der Waals surface area contributed by atoms with E-state index in [2.05, 4.69) is 11.9 Å². The first-order valence-corrected chi connectivity index (χ1v) is 11.1. The summed E-state index contributed by atoms with van der Waals surface area (Å²) in [5.74, 6) is 2.72. The molecule has 168 valence electrons. The standard InChI is InChI=1S/C26H26FN5O/c1-17-12-22(20-6-8-21(27)9-7-20)26-29-25(30-32(26)14-17)11-5-19-4-10-23(24(13-19)33-3)31-15-18(2)28-16-31/h4-11,13,15-17,22H,12,14H2,1-3H3. The summed E-state index contributed by atoms with van der Waals surface area (Å²) in [4.78, 5) is 9.11. The molecule has 7 heteroatoms. The zero-order valence-electron chi connectivity index (χ0n) is 18.9. The van der Waals surface area contributed by atoms with Crippen molar-refractivity contribution < 1.29 is 9.13 Å². The molecule has 0 bridgehead atoms. The Morgan fingerprint density at radius 3 is 2.67 bits per heavy atom. The number of fused-ring (bicyclic) bond motifs is 1. The predicted octanol–water partition coefficient (Wildman–Crippen LogP) is 5.26. The fourth-order valence-corrected chi connectivity index (χ4v) is 4.43. The summed E-state index contributed by atoms with van der Waals surface area (Å²) in [6.07, 6.45) is 8.63. The van der Waals surface area contributed by atoms with Gasteiger partial charge < -0.3 is 9.30 Å². The molecule has 6 nitrogen and oxygen atoms in total. The molecule has 0 saturated heterocycles. The minimum Gasteiger partial charge on any atom is -0.495 e. The van der Waals surface area contributed by atoms with Crippen LogP contribution >= 0.6 is 0 Å². The fourth-order valence-electron chi connectivity index (χ4n) is 4.43. The summed E-state index contributed by atoms with van der Waals surface area (Å²) in [5, 5.41) is 4.72. The third-order valence-corrected chi connectivity index (χ3v) is 6.04. The number of aryl methyl sites for hydroxylation is 1. The Morgan fingerprint density at radius 1 is 1.12 bits per heavy atom. The number of nitrogens with zero attached hydrogens (tertiary/aromatic N) is 5. The van der Waals surface area contributed by atoms with Crippen LogP contribution in [0.5, 0.6) is 5.75 Å². The van der Waals surface area contributed by atoms with Gasteiger partial charge in [-0.05, 0) is 60.7 Å². The minimum absolute atomic E-state index is 0.113. The highest BCUT2D eigenvalue weighted by Gasteiger charge is 2.29. The van der Waals surface area contributed by atoms with E-state index < -0.39 is 0 Å². The lowest BCUT2D eigenvalue weighted by Gasteiger charge is -2.27. The number of halogens is 1. The van der Waals surface area contributed by atoms with E-state index >= 15 is 0 Å². The molecule has 0 radical (unpaired) electrons. The number of hydrogen-bond donors (Lipinski definition) is 0. The van der Waals surface area contributed by atoms with Crippen molar-refractivity contribution in [2.75, 3.05) is 7.11 Å². The van der Waals surface area contributed by atoms with Gasteiger partial charge in [0.2, 0.25) is 0 Å². The van der Waals surface area contributed by atoms with E-state index in [0.29, 0.717) is 11.7 Å². The zero-order valence-corrected chi connectivity index (χ0v) is 18.9. The molecule has 2 atom stereocenters. The quantitative estimate of drug-likeness (QED) is 0.422. The molecule has 5 rings (SSSR count). The van der Waals surface area contributed by atoms with E-state index in [4.69, 9.17) is 14.8 Å². The summed E-state index contributed by atoms with van der Waals surface area (Å²) in [6, 6.07) is 12.8. The van der Waals surface area contributed by atoms with Crippen LogP contribution in [0.2, 0.25) is 0 Å². The Balaban J connectivity index is 1.42. The number of ether oxygens (including phenoxy) is 1. The molecule has 0 amide bonds. The van der Waals surface area contributed by atoms with Crippen LogP contribution in [-0.4, -0.2) is 31.4 Å². The van der Waals surface area contributed by atoms with Crippen molar-refractivity contribution in [2.45, 2.75) is 32.7 Å². The van der Waals surface area contributed by atoms with Crippen molar-refractivity contribution in [3.63, 3.8) is 0 Å². The number of aromatic nitrogens is 5. The van der Waals surface area contributed by atoms with Crippen LogP contribution in [0.3, 0.4) is 0 Å². The number of hydrogen-bond acceptors (Lipinski definition) is 4. The van der Waals surface area contributed by atoms with Gasteiger partial charge in [-0.3, -0.25) is 0 Å². The molecule has 2 aromatic heterocycles. The number of imidazole rings is 1. The molecule has 0 saturated carbocycles. The maximum absolute atomic E-state index is 13.4. The molecule has 3 heterocycles. The molecule has 1 aliphatic heterocycles. The van der Waals surface area contributed by atoms with Crippen molar-refractivity contribution in [3.8, 4) is 11.4 Å². The second kappa shape index (κ2) is 8.65. The number of methoxy groups -OCH3 is 1. The Morgan fingerprint density at radius 2 is 1.94 bits per heavy atom. The number of rotatable bonds is 5. The van der Waals surface area contributed by atoms with Gasteiger partial charge in [0.25, 0.3) is 0 Å². The van der Waals surface area contributed by atoms with E-state index in [0.717, 1.165) is 47.0 Å². The van der Waals surface area contributed by atoms with Crippen LogP contribution < -0.4 is 4.74 Å². The van der Waals surface area contributed by atoms with Crippen LogP contribution in [0.1, 0.15) is 47.7 Å². The van der Waals surface area contributed by atoms with Gasteiger partial charge in [0.1, 0.15) is 17.4 Å². The Kier molecular flexibility index (Phi) is 5.54. The van der Waals surface area contributed by atoms with Crippen molar-refractivity contribution in [1.29, 1.82) is 0 Å². The molecule has 4 aromatic rings. The lowest BCUT2D eigenvalue weighted by Crippen LogP contribution is -2.24.